The van der Waals surface area contributed by atoms with Crippen molar-refractivity contribution in [3.63, 3.8) is 0 Å². The first kappa shape index (κ1) is 16.0. The Morgan fingerprint density at radius 3 is 2.37 bits per heavy atom. The minimum Gasteiger partial charge on any atom is -0.481 e. The number of hydrogen-bond donors (Lipinski definition) is 3. The maximum atomic E-state index is 12.5. The largest absolute Gasteiger partial charge is 0.481 e. The van der Waals surface area contributed by atoms with Gasteiger partial charge >= 0.3 is 5.97 Å². The van der Waals surface area contributed by atoms with Gasteiger partial charge in [0.25, 0.3) is 0 Å². The van der Waals surface area contributed by atoms with E-state index in [-0.39, 0.29) is 17.4 Å². The van der Waals surface area contributed by atoms with Crippen LogP contribution in [0, 0.1) is 11.3 Å². The Labute approximate surface area is 115 Å². The van der Waals surface area contributed by atoms with Gasteiger partial charge in [-0.25, -0.2) is 0 Å². The van der Waals surface area contributed by atoms with Crippen LogP contribution in [0.25, 0.3) is 0 Å². The number of piperidine rings is 1. The lowest BCUT2D eigenvalue weighted by Gasteiger charge is -2.37. The summed E-state index contributed by atoms with van der Waals surface area (Å²) in [5.74, 6) is -1.41. The molecule has 0 aromatic rings. The average molecular weight is 270 g/mol. The molecule has 0 aromatic heterocycles. The summed E-state index contributed by atoms with van der Waals surface area (Å²) in [7, 11) is 0. The molecular weight excluding hydrogens is 244 g/mol. The van der Waals surface area contributed by atoms with E-state index in [1.165, 1.54) is 0 Å². The van der Waals surface area contributed by atoms with Crippen molar-refractivity contribution in [1.82, 2.24) is 10.6 Å². The highest BCUT2D eigenvalue weighted by Gasteiger charge is 2.39. The molecule has 1 aliphatic heterocycles. The summed E-state index contributed by atoms with van der Waals surface area (Å²) < 4.78 is 0. The fraction of sp³-hybridized carbons (Fsp3) is 0.857. The van der Waals surface area contributed by atoms with Gasteiger partial charge in [0, 0.05) is 6.04 Å². The molecule has 5 nitrogen and oxygen atoms in total. The molecule has 1 heterocycles. The molecule has 1 aliphatic rings. The number of rotatable bonds is 6. The van der Waals surface area contributed by atoms with Crippen molar-refractivity contribution >= 4 is 11.9 Å². The molecular formula is C14H26N2O3. The van der Waals surface area contributed by atoms with Crippen LogP contribution in [0.4, 0.5) is 0 Å². The second-order valence-corrected chi connectivity index (χ2v) is 5.67. The minimum atomic E-state index is -0.873. The van der Waals surface area contributed by atoms with Gasteiger partial charge < -0.3 is 15.7 Å². The van der Waals surface area contributed by atoms with Gasteiger partial charge in [0.15, 0.2) is 0 Å². The predicted molar refractivity (Wildman–Crippen MR) is 73.8 cm³/mol. The maximum Gasteiger partial charge on any atom is 0.308 e. The number of aliphatic carboxylic acids is 1. The van der Waals surface area contributed by atoms with Crippen molar-refractivity contribution in [2.45, 2.75) is 52.5 Å². The number of carboxylic acids is 1. The molecule has 19 heavy (non-hydrogen) atoms. The van der Waals surface area contributed by atoms with Crippen LogP contribution in [0.3, 0.4) is 0 Å². The zero-order chi connectivity index (χ0) is 14.5. The van der Waals surface area contributed by atoms with E-state index in [0.717, 1.165) is 38.8 Å². The number of nitrogens with one attached hydrogen (secondary N) is 2. The van der Waals surface area contributed by atoms with Gasteiger partial charge in [-0.3, -0.25) is 9.59 Å². The highest BCUT2D eigenvalue weighted by molar-refractivity contribution is 5.83. The Hall–Kier alpha value is -1.10. The number of carbonyl (C=O) groups is 2. The Morgan fingerprint density at radius 1 is 1.32 bits per heavy atom. The molecule has 1 amide bonds. The molecule has 0 radical (unpaired) electrons. The first-order valence-electron chi connectivity index (χ1n) is 7.17. The van der Waals surface area contributed by atoms with Gasteiger partial charge in [0.1, 0.15) is 0 Å². The summed E-state index contributed by atoms with van der Waals surface area (Å²) in [6, 6.07) is -0.339. The molecule has 0 spiro atoms. The highest BCUT2D eigenvalue weighted by atomic mass is 16.4. The first-order chi connectivity index (χ1) is 8.93. The lowest BCUT2D eigenvalue weighted by Crippen LogP contribution is -2.51. The van der Waals surface area contributed by atoms with Gasteiger partial charge in [-0.05, 0) is 46.2 Å². The maximum absolute atomic E-state index is 12.5. The molecule has 0 saturated carbocycles. The molecule has 110 valence electrons. The third kappa shape index (κ3) is 3.93. The van der Waals surface area contributed by atoms with E-state index in [0.29, 0.717) is 0 Å². The van der Waals surface area contributed by atoms with E-state index in [1.54, 1.807) is 13.8 Å². The first-order valence-corrected chi connectivity index (χ1v) is 7.17. The van der Waals surface area contributed by atoms with Gasteiger partial charge in [-0.15, -0.1) is 0 Å². The Kier molecular flexibility index (Phi) is 5.79. The van der Waals surface area contributed by atoms with E-state index < -0.39 is 11.9 Å². The Bertz CT molecular complexity index is 319. The molecule has 0 aliphatic carbocycles. The Balaban J connectivity index is 2.69. The van der Waals surface area contributed by atoms with E-state index in [4.69, 9.17) is 5.11 Å². The Morgan fingerprint density at radius 2 is 1.89 bits per heavy atom. The quantitative estimate of drug-likeness (QED) is 0.681. The average Bonchev–Trinajstić information content (AvgIpc) is 2.38. The van der Waals surface area contributed by atoms with Gasteiger partial charge in [0.2, 0.25) is 5.91 Å². The van der Waals surface area contributed by atoms with E-state index >= 15 is 0 Å². The third-order valence-electron chi connectivity index (χ3n) is 4.27. The normalized spacial score (nSPS) is 21.4. The number of carboxylic acid groups (broad SMARTS) is 1. The number of hydrogen-bond acceptors (Lipinski definition) is 3. The highest BCUT2D eigenvalue weighted by Crippen LogP contribution is 2.34. The predicted octanol–water partition coefficient (Wildman–Crippen LogP) is 1.38. The summed E-state index contributed by atoms with van der Waals surface area (Å²) >= 11 is 0. The summed E-state index contributed by atoms with van der Waals surface area (Å²) in [5, 5.41) is 15.2. The van der Waals surface area contributed by atoms with Crippen LogP contribution < -0.4 is 10.6 Å². The van der Waals surface area contributed by atoms with Crippen molar-refractivity contribution in [2.24, 2.45) is 11.3 Å². The van der Waals surface area contributed by atoms with Crippen molar-refractivity contribution < 1.29 is 14.7 Å². The zero-order valence-electron chi connectivity index (χ0n) is 12.2. The fourth-order valence-electron chi connectivity index (χ4n) is 2.67. The fourth-order valence-corrected chi connectivity index (χ4v) is 2.67. The van der Waals surface area contributed by atoms with Crippen molar-refractivity contribution in [2.75, 3.05) is 13.1 Å². The third-order valence-corrected chi connectivity index (χ3v) is 4.27. The lowest BCUT2D eigenvalue weighted by atomic mass is 9.74. The van der Waals surface area contributed by atoms with E-state index in [2.05, 4.69) is 17.6 Å². The van der Waals surface area contributed by atoms with Gasteiger partial charge in [-0.1, -0.05) is 13.3 Å². The standard InChI is InChI=1S/C14H26N2O3/c1-4-5-14(6-8-15-9-7-14)13(19)16-11(3)10(2)12(17)18/h10-11,15H,4-9H2,1-3H3,(H,16,19)(H,17,18). The number of carbonyl (C=O) groups excluding carboxylic acids is 1. The molecule has 3 N–H and O–H groups in total. The molecule has 1 rings (SSSR count). The van der Waals surface area contributed by atoms with Crippen LogP contribution in [0.5, 0.6) is 0 Å². The molecule has 2 atom stereocenters. The topological polar surface area (TPSA) is 78.4 Å². The van der Waals surface area contributed by atoms with Crippen LogP contribution >= 0.6 is 0 Å². The van der Waals surface area contributed by atoms with Crippen LogP contribution in [-0.2, 0) is 9.59 Å². The molecule has 0 aromatic carbocycles. The van der Waals surface area contributed by atoms with Crippen LogP contribution in [0.15, 0.2) is 0 Å². The van der Waals surface area contributed by atoms with Gasteiger partial charge in [-0.2, -0.15) is 0 Å². The summed E-state index contributed by atoms with van der Waals surface area (Å²) in [6.07, 6.45) is 3.51. The molecule has 0 bridgehead atoms. The molecule has 1 fully saturated rings. The monoisotopic (exact) mass is 270 g/mol. The molecule has 1 saturated heterocycles. The van der Waals surface area contributed by atoms with Crippen molar-refractivity contribution in [3.05, 3.63) is 0 Å². The summed E-state index contributed by atoms with van der Waals surface area (Å²) in [5.41, 5.74) is -0.313. The van der Waals surface area contributed by atoms with Crippen molar-refractivity contribution in [3.8, 4) is 0 Å². The van der Waals surface area contributed by atoms with Crippen LogP contribution in [-0.4, -0.2) is 36.1 Å². The smallest absolute Gasteiger partial charge is 0.308 e. The van der Waals surface area contributed by atoms with Crippen molar-refractivity contribution in [1.29, 1.82) is 0 Å². The second kappa shape index (κ2) is 6.89. The van der Waals surface area contributed by atoms with Crippen LogP contribution in [0.1, 0.15) is 46.5 Å². The van der Waals surface area contributed by atoms with Crippen LogP contribution in [0.2, 0.25) is 0 Å². The second-order valence-electron chi connectivity index (χ2n) is 5.67. The molecule has 2 unspecified atom stereocenters. The zero-order valence-corrected chi connectivity index (χ0v) is 12.2. The SMILES string of the molecule is CCCC1(C(=O)NC(C)C(C)C(=O)O)CCNCC1. The minimum absolute atomic E-state index is 0.0245. The summed E-state index contributed by atoms with van der Waals surface area (Å²) in [4.78, 5) is 23.5. The van der Waals surface area contributed by atoms with E-state index in [1.807, 2.05) is 0 Å². The summed E-state index contributed by atoms with van der Waals surface area (Å²) in [6.45, 7) is 7.19. The molecule has 5 heteroatoms. The lowest BCUT2D eigenvalue weighted by molar-refractivity contribution is -0.143. The van der Waals surface area contributed by atoms with E-state index in [9.17, 15) is 9.59 Å². The van der Waals surface area contributed by atoms with Gasteiger partial charge in [0.05, 0.1) is 11.3 Å². The number of amides is 1.